The van der Waals surface area contributed by atoms with E-state index in [9.17, 15) is 14.3 Å². The largest absolute Gasteiger partial charge is 0.478 e. The van der Waals surface area contributed by atoms with Crippen molar-refractivity contribution < 1.29 is 23.8 Å². The fourth-order valence-electron chi connectivity index (χ4n) is 6.30. The van der Waals surface area contributed by atoms with Crippen LogP contribution in [0.1, 0.15) is 58.2 Å². The molecular weight excluding hydrogens is 573 g/mol. The van der Waals surface area contributed by atoms with Crippen LogP contribution >= 0.6 is 0 Å². The first-order chi connectivity index (χ1) is 21.9. The molecule has 228 valence electrons. The number of likely N-dealkylation sites (tertiary alicyclic amines) is 1. The number of halogens is 1. The van der Waals surface area contributed by atoms with Gasteiger partial charge in [-0.1, -0.05) is 30.3 Å². The molecule has 0 bridgehead atoms. The minimum Gasteiger partial charge on any atom is -0.478 e. The van der Waals surface area contributed by atoms with Gasteiger partial charge in [0.25, 0.3) is 0 Å². The second-order valence-electron chi connectivity index (χ2n) is 11.8. The van der Waals surface area contributed by atoms with E-state index in [1.165, 1.54) is 6.07 Å². The number of ether oxygens (including phenoxy) is 2. The molecule has 0 spiro atoms. The molecule has 5 aromatic rings. The summed E-state index contributed by atoms with van der Waals surface area (Å²) in [5.74, 6) is 0.156. The summed E-state index contributed by atoms with van der Waals surface area (Å²) in [5, 5.41) is 20.7. The third-order valence-electron chi connectivity index (χ3n) is 8.90. The average Bonchev–Trinajstić information content (AvgIpc) is 3.37. The summed E-state index contributed by atoms with van der Waals surface area (Å²) in [7, 11) is 0. The average molecular weight is 606 g/mol. The number of hydrogen-bond acceptors (Lipinski definition) is 7. The van der Waals surface area contributed by atoms with Gasteiger partial charge in [0.15, 0.2) is 0 Å². The molecule has 2 aromatic heterocycles. The van der Waals surface area contributed by atoms with Crippen molar-refractivity contribution in [3.8, 4) is 11.9 Å². The Kier molecular flexibility index (Phi) is 7.88. The Balaban J connectivity index is 1.08. The van der Waals surface area contributed by atoms with Gasteiger partial charge in [-0.25, -0.2) is 19.2 Å². The summed E-state index contributed by atoms with van der Waals surface area (Å²) in [6.07, 6.45) is 2.90. The molecule has 45 heavy (non-hydrogen) atoms. The number of rotatable bonds is 9. The van der Waals surface area contributed by atoms with Gasteiger partial charge in [-0.05, 0) is 68.1 Å². The zero-order valence-corrected chi connectivity index (χ0v) is 24.7. The number of carboxylic acids is 1. The van der Waals surface area contributed by atoms with Crippen LogP contribution in [0.4, 0.5) is 4.39 Å². The number of imidazole rings is 1. The van der Waals surface area contributed by atoms with Crippen LogP contribution in [0.25, 0.3) is 21.8 Å². The molecule has 1 atom stereocenters. The van der Waals surface area contributed by atoms with E-state index < -0.39 is 11.8 Å². The van der Waals surface area contributed by atoms with Gasteiger partial charge in [-0.15, -0.1) is 0 Å². The van der Waals surface area contributed by atoms with Crippen LogP contribution in [-0.2, 0) is 24.4 Å². The highest BCUT2D eigenvalue weighted by Crippen LogP contribution is 2.35. The van der Waals surface area contributed by atoms with Crippen LogP contribution in [0, 0.1) is 17.1 Å². The highest BCUT2D eigenvalue weighted by molar-refractivity contribution is 5.92. The number of benzene rings is 3. The van der Waals surface area contributed by atoms with E-state index in [1.807, 2.05) is 30.3 Å². The van der Waals surface area contributed by atoms with Crippen molar-refractivity contribution in [2.45, 2.75) is 51.0 Å². The lowest BCUT2D eigenvalue weighted by Gasteiger charge is -2.32. The molecule has 0 radical (unpaired) electrons. The topological polar surface area (TPSA) is 114 Å². The molecule has 2 fully saturated rings. The van der Waals surface area contributed by atoms with Gasteiger partial charge in [-0.3, -0.25) is 4.90 Å². The van der Waals surface area contributed by atoms with Gasteiger partial charge >= 0.3 is 5.97 Å². The van der Waals surface area contributed by atoms with E-state index in [-0.39, 0.29) is 29.8 Å². The summed E-state index contributed by atoms with van der Waals surface area (Å²) in [4.78, 5) is 23.9. The van der Waals surface area contributed by atoms with E-state index in [0.717, 1.165) is 72.3 Å². The number of hydrogen-bond donors (Lipinski definition) is 1. The second-order valence-corrected chi connectivity index (χ2v) is 11.8. The number of nitriles is 1. The van der Waals surface area contributed by atoms with Crippen molar-refractivity contribution in [3.63, 3.8) is 0 Å². The molecule has 0 unspecified atom stereocenters. The lowest BCUT2D eigenvalue weighted by molar-refractivity contribution is -0.0592. The lowest BCUT2D eigenvalue weighted by Crippen LogP contribution is -2.35. The fourth-order valence-corrected chi connectivity index (χ4v) is 6.30. The van der Waals surface area contributed by atoms with Crippen LogP contribution in [-0.4, -0.2) is 56.3 Å². The molecule has 1 N–H and O–H groups in total. The molecule has 4 heterocycles. The molecule has 0 saturated carbocycles. The molecule has 2 aliphatic rings. The highest BCUT2D eigenvalue weighted by Gasteiger charge is 2.27. The van der Waals surface area contributed by atoms with Crippen molar-refractivity contribution in [2.24, 2.45) is 0 Å². The lowest BCUT2D eigenvalue weighted by atomic mass is 9.90. The number of aromatic carboxylic acids is 1. The van der Waals surface area contributed by atoms with Crippen LogP contribution in [0.2, 0.25) is 0 Å². The van der Waals surface area contributed by atoms with E-state index in [1.54, 1.807) is 30.3 Å². The van der Waals surface area contributed by atoms with Crippen molar-refractivity contribution in [1.82, 2.24) is 19.4 Å². The molecule has 0 amide bonds. The van der Waals surface area contributed by atoms with E-state index in [0.29, 0.717) is 24.5 Å². The predicted molar refractivity (Wildman–Crippen MR) is 165 cm³/mol. The van der Waals surface area contributed by atoms with Crippen molar-refractivity contribution >= 4 is 27.8 Å². The monoisotopic (exact) mass is 605 g/mol. The molecule has 2 aliphatic heterocycles. The van der Waals surface area contributed by atoms with Crippen molar-refractivity contribution in [1.29, 1.82) is 5.26 Å². The normalized spacial score (nSPS) is 17.3. The van der Waals surface area contributed by atoms with Crippen molar-refractivity contribution in [2.75, 3.05) is 19.7 Å². The standard InChI is InChI=1S/C35H32FN5O4/c36-29-15-22(18-37)5-6-26(29)21-45-33-17-24-3-1-2-4-28(24)34(39-33)23-9-12-40(13-10-23)20-32-38-30-8-7-25(35(42)43)16-31(30)41(32)19-27-11-14-44-27/h1-8,15-17,23,27H,9-14,19-21H2,(H,42,43)/t27-/m0/s1. The first-order valence-electron chi connectivity index (χ1n) is 15.2. The maximum absolute atomic E-state index is 14.5. The number of pyridine rings is 1. The molecule has 10 heteroatoms. The van der Waals surface area contributed by atoms with Gasteiger partial charge in [-0.2, -0.15) is 5.26 Å². The van der Waals surface area contributed by atoms with Crippen LogP contribution in [0.15, 0.2) is 66.7 Å². The molecule has 2 saturated heterocycles. The SMILES string of the molecule is N#Cc1ccc(COc2cc3ccccc3c(C3CCN(Cc4nc5ccc(C(=O)O)cc5n4C[C@@H]4CCO4)CC3)n2)c(F)c1. The van der Waals surface area contributed by atoms with E-state index >= 15 is 0 Å². The number of carbonyl (C=O) groups is 1. The van der Waals surface area contributed by atoms with Gasteiger partial charge in [0.2, 0.25) is 5.88 Å². The Hall–Kier alpha value is -4.85. The summed E-state index contributed by atoms with van der Waals surface area (Å²) >= 11 is 0. The number of fused-ring (bicyclic) bond motifs is 2. The van der Waals surface area contributed by atoms with E-state index in [4.69, 9.17) is 24.7 Å². The summed E-state index contributed by atoms with van der Waals surface area (Å²) < 4.78 is 28.3. The fraction of sp³-hybridized carbons (Fsp3) is 0.314. The summed E-state index contributed by atoms with van der Waals surface area (Å²) in [6, 6.07) is 21.4. The van der Waals surface area contributed by atoms with Gasteiger partial charge < -0.3 is 19.1 Å². The minimum absolute atomic E-state index is 0.0155. The number of aromatic nitrogens is 3. The zero-order chi connectivity index (χ0) is 30.9. The quantitative estimate of drug-likeness (QED) is 0.216. The number of carboxylic acid groups (broad SMARTS) is 1. The van der Waals surface area contributed by atoms with E-state index in [2.05, 4.69) is 15.5 Å². The minimum atomic E-state index is -0.954. The Labute approximate surface area is 259 Å². The molecule has 9 nitrogen and oxygen atoms in total. The summed E-state index contributed by atoms with van der Waals surface area (Å²) in [5.41, 5.74) is 3.48. The van der Waals surface area contributed by atoms with Crippen LogP contribution in [0.3, 0.4) is 0 Å². The predicted octanol–water partition coefficient (Wildman–Crippen LogP) is 6.04. The third-order valence-corrected chi connectivity index (χ3v) is 8.90. The maximum Gasteiger partial charge on any atom is 0.335 e. The van der Waals surface area contributed by atoms with Gasteiger partial charge in [0, 0.05) is 29.5 Å². The Morgan fingerprint density at radius 3 is 2.62 bits per heavy atom. The van der Waals surface area contributed by atoms with Crippen molar-refractivity contribution in [3.05, 3.63) is 101 Å². The Morgan fingerprint density at radius 1 is 1.07 bits per heavy atom. The van der Waals surface area contributed by atoms with Gasteiger partial charge in [0.05, 0.1) is 53.1 Å². The first kappa shape index (κ1) is 28.9. The highest BCUT2D eigenvalue weighted by atomic mass is 19.1. The molecule has 0 aliphatic carbocycles. The third kappa shape index (κ3) is 5.97. The van der Waals surface area contributed by atoms with Gasteiger partial charge in [0.1, 0.15) is 18.2 Å². The molecule has 3 aromatic carbocycles. The number of piperidine rings is 1. The smallest absolute Gasteiger partial charge is 0.335 e. The zero-order valence-electron chi connectivity index (χ0n) is 24.7. The summed E-state index contributed by atoms with van der Waals surface area (Å²) in [6.45, 7) is 3.78. The van der Waals surface area contributed by atoms with Crippen LogP contribution < -0.4 is 4.74 Å². The number of nitrogens with zero attached hydrogens (tertiary/aromatic N) is 5. The first-order valence-corrected chi connectivity index (χ1v) is 15.2. The Bertz CT molecular complexity index is 1940. The maximum atomic E-state index is 14.5. The molecular formula is C35H32FN5O4. The Morgan fingerprint density at radius 2 is 1.89 bits per heavy atom. The second kappa shape index (κ2) is 12.3. The van der Waals surface area contributed by atoms with Crippen LogP contribution in [0.5, 0.6) is 5.88 Å². The molecule has 7 rings (SSSR count).